The van der Waals surface area contributed by atoms with Gasteiger partial charge in [0.05, 0.1) is 11.6 Å². The zero-order valence-corrected chi connectivity index (χ0v) is 11.5. The zero-order valence-electron chi connectivity index (χ0n) is 11.5. The lowest BCUT2D eigenvalue weighted by molar-refractivity contribution is 0.578. The Morgan fingerprint density at radius 1 is 1.14 bits per heavy atom. The summed E-state index contributed by atoms with van der Waals surface area (Å²) in [7, 11) is 0. The van der Waals surface area contributed by atoms with Crippen LogP contribution < -0.4 is 10.6 Å². The van der Waals surface area contributed by atoms with Crippen LogP contribution in [0.4, 0.5) is 20.4 Å². The van der Waals surface area contributed by atoms with Gasteiger partial charge in [-0.25, -0.2) is 13.8 Å². The van der Waals surface area contributed by atoms with Gasteiger partial charge in [0.15, 0.2) is 23.3 Å². The second-order valence-electron chi connectivity index (χ2n) is 4.35. The maximum absolute atomic E-state index is 13.7. The molecule has 0 atom stereocenters. The molecule has 0 radical (unpaired) electrons. The summed E-state index contributed by atoms with van der Waals surface area (Å²) in [5, 5.41) is 14.4. The van der Waals surface area contributed by atoms with E-state index in [0.717, 1.165) is 11.6 Å². The molecule has 2 rings (SSSR count). The number of hydrogen-bond acceptors (Lipinski definition) is 4. The van der Waals surface area contributed by atoms with Gasteiger partial charge in [0.1, 0.15) is 0 Å². The van der Waals surface area contributed by atoms with Crippen molar-refractivity contribution in [2.45, 2.75) is 13.5 Å². The molecule has 0 aliphatic carbocycles. The number of anilines is 2. The van der Waals surface area contributed by atoms with Gasteiger partial charge >= 0.3 is 0 Å². The van der Waals surface area contributed by atoms with Crippen LogP contribution in [-0.4, -0.2) is 11.5 Å². The van der Waals surface area contributed by atoms with E-state index >= 15 is 0 Å². The van der Waals surface area contributed by atoms with Crippen molar-refractivity contribution in [2.75, 3.05) is 17.2 Å². The van der Waals surface area contributed by atoms with Gasteiger partial charge < -0.3 is 10.6 Å². The van der Waals surface area contributed by atoms with Crippen LogP contribution in [0.2, 0.25) is 0 Å². The molecule has 21 heavy (non-hydrogen) atoms. The second-order valence-corrected chi connectivity index (χ2v) is 4.35. The SMILES string of the molecule is CCNc1nc(NCc2cccc(C#N)c2)c(F)cc1F. The molecule has 0 aliphatic rings. The minimum absolute atomic E-state index is 0.00664. The predicted molar refractivity (Wildman–Crippen MR) is 76.8 cm³/mol. The molecule has 2 N–H and O–H groups in total. The van der Waals surface area contributed by atoms with Crippen molar-refractivity contribution >= 4 is 11.6 Å². The molecule has 1 heterocycles. The highest BCUT2D eigenvalue weighted by molar-refractivity contribution is 5.48. The molecule has 0 unspecified atom stereocenters. The average Bonchev–Trinajstić information content (AvgIpc) is 2.49. The fraction of sp³-hybridized carbons (Fsp3) is 0.200. The van der Waals surface area contributed by atoms with Crippen molar-refractivity contribution in [3.63, 3.8) is 0 Å². The van der Waals surface area contributed by atoms with Gasteiger partial charge in [0.25, 0.3) is 0 Å². The number of hydrogen-bond donors (Lipinski definition) is 2. The van der Waals surface area contributed by atoms with E-state index < -0.39 is 11.6 Å². The third-order valence-corrected chi connectivity index (χ3v) is 2.79. The molecule has 1 aromatic carbocycles. The van der Waals surface area contributed by atoms with Crippen molar-refractivity contribution in [1.29, 1.82) is 5.26 Å². The second kappa shape index (κ2) is 6.66. The number of nitrogens with one attached hydrogen (secondary N) is 2. The molecule has 0 bridgehead atoms. The molecule has 0 saturated carbocycles. The number of aromatic nitrogens is 1. The summed E-state index contributed by atoms with van der Waals surface area (Å²) in [5.74, 6) is -1.51. The van der Waals surface area contributed by atoms with Crippen molar-refractivity contribution in [2.24, 2.45) is 0 Å². The third kappa shape index (κ3) is 3.66. The first-order valence-electron chi connectivity index (χ1n) is 6.47. The van der Waals surface area contributed by atoms with Crippen LogP contribution in [0.5, 0.6) is 0 Å². The highest BCUT2D eigenvalue weighted by atomic mass is 19.1. The maximum atomic E-state index is 13.7. The minimum Gasteiger partial charge on any atom is -0.368 e. The van der Waals surface area contributed by atoms with Gasteiger partial charge in [-0.2, -0.15) is 5.26 Å². The van der Waals surface area contributed by atoms with E-state index in [9.17, 15) is 8.78 Å². The molecule has 1 aromatic heterocycles. The Hall–Kier alpha value is -2.68. The Morgan fingerprint density at radius 2 is 1.86 bits per heavy atom. The number of pyridine rings is 1. The summed E-state index contributed by atoms with van der Waals surface area (Å²) >= 11 is 0. The smallest absolute Gasteiger partial charge is 0.168 e. The average molecular weight is 288 g/mol. The van der Waals surface area contributed by atoms with Crippen LogP contribution in [0.3, 0.4) is 0 Å². The van der Waals surface area contributed by atoms with E-state index in [-0.39, 0.29) is 18.2 Å². The molecule has 0 spiro atoms. The lowest BCUT2D eigenvalue weighted by Crippen LogP contribution is -2.08. The first-order chi connectivity index (χ1) is 10.1. The molecule has 0 amide bonds. The topological polar surface area (TPSA) is 60.7 Å². The van der Waals surface area contributed by atoms with Crippen molar-refractivity contribution in [1.82, 2.24) is 4.98 Å². The Balaban J connectivity index is 2.15. The summed E-state index contributed by atoms with van der Waals surface area (Å²) in [6.45, 7) is 2.57. The van der Waals surface area contributed by atoms with Crippen molar-refractivity contribution in [3.8, 4) is 6.07 Å². The summed E-state index contributed by atoms with van der Waals surface area (Å²) in [5.41, 5.74) is 1.33. The van der Waals surface area contributed by atoms with Gasteiger partial charge in [-0.15, -0.1) is 0 Å². The predicted octanol–water partition coefficient (Wildman–Crippen LogP) is 3.28. The number of nitriles is 1. The molecular weight excluding hydrogens is 274 g/mol. The summed E-state index contributed by atoms with van der Waals surface area (Å²) < 4.78 is 27.1. The van der Waals surface area contributed by atoms with Crippen molar-refractivity contribution in [3.05, 3.63) is 53.1 Å². The van der Waals surface area contributed by atoms with Crippen LogP contribution >= 0.6 is 0 Å². The van der Waals surface area contributed by atoms with E-state index in [1.807, 2.05) is 6.07 Å². The fourth-order valence-electron chi connectivity index (χ4n) is 1.82. The Kier molecular flexibility index (Phi) is 4.67. The maximum Gasteiger partial charge on any atom is 0.168 e. The number of halogens is 2. The standard InChI is InChI=1S/C15H14F2N4/c1-2-19-14-12(16)7-13(17)15(21-14)20-9-11-5-3-4-10(6-11)8-18/h3-7H,2,9H2,1H3,(H2,19,20,21). The van der Waals surface area contributed by atoms with E-state index in [1.165, 1.54) is 0 Å². The number of nitrogens with zero attached hydrogens (tertiary/aromatic N) is 2. The molecule has 2 aromatic rings. The molecule has 0 saturated heterocycles. The van der Waals surface area contributed by atoms with E-state index in [2.05, 4.69) is 15.6 Å². The van der Waals surface area contributed by atoms with E-state index in [1.54, 1.807) is 31.2 Å². The van der Waals surface area contributed by atoms with Gasteiger partial charge in [0, 0.05) is 19.2 Å². The Morgan fingerprint density at radius 3 is 2.52 bits per heavy atom. The third-order valence-electron chi connectivity index (χ3n) is 2.79. The van der Waals surface area contributed by atoms with E-state index in [4.69, 9.17) is 5.26 Å². The highest BCUT2D eigenvalue weighted by Crippen LogP contribution is 2.19. The van der Waals surface area contributed by atoms with Crippen LogP contribution in [0, 0.1) is 23.0 Å². The zero-order chi connectivity index (χ0) is 15.2. The number of rotatable bonds is 5. The normalized spacial score (nSPS) is 10.0. The summed E-state index contributed by atoms with van der Waals surface area (Å²) in [6, 6.07) is 9.75. The molecular formula is C15H14F2N4. The minimum atomic E-state index is -0.759. The summed E-state index contributed by atoms with van der Waals surface area (Å²) in [6.07, 6.45) is 0. The molecule has 6 heteroatoms. The molecule has 0 aliphatic heterocycles. The van der Waals surface area contributed by atoms with Crippen LogP contribution in [-0.2, 0) is 6.54 Å². The van der Waals surface area contributed by atoms with Crippen molar-refractivity contribution < 1.29 is 8.78 Å². The Bertz CT molecular complexity index is 680. The van der Waals surface area contributed by atoms with E-state index in [0.29, 0.717) is 12.1 Å². The first kappa shape index (κ1) is 14.7. The number of benzene rings is 1. The quantitative estimate of drug-likeness (QED) is 0.886. The van der Waals surface area contributed by atoms with Crippen LogP contribution in [0.15, 0.2) is 30.3 Å². The first-order valence-corrected chi connectivity index (χ1v) is 6.47. The molecule has 0 fully saturated rings. The largest absolute Gasteiger partial charge is 0.368 e. The highest BCUT2D eigenvalue weighted by Gasteiger charge is 2.11. The van der Waals surface area contributed by atoms with Gasteiger partial charge in [-0.05, 0) is 24.6 Å². The molecule has 108 valence electrons. The van der Waals surface area contributed by atoms with Gasteiger partial charge in [-0.1, -0.05) is 12.1 Å². The van der Waals surface area contributed by atoms with Crippen LogP contribution in [0.1, 0.15) is 18.1 Å². The van der Waals surface area contributed by atoms with Gasteiger partial charge in [-0.3, -0.25) is 0 Å². The summed E-state index contributed by atoms with van der Waals surface area (Å²) in [4.78, 5) is 3.88. The molecule has 4 nitrogen and oxygen atoms in total. The monoisotopic (exact) mass is 288 g/mol. The van der Waals surface area contributed by atoms with Crippen LogP contribution in [0.25, 0.3) is 0 Å². The fourth-order valence-corrected chi connectivity index (χ4v) is 1.82. The lowest BCUT2D eigenvalue weighted by atomic mass is 10.1. The Labute approximate surface area is 121 Å². The van der Waals surface area contributed by atoms with Gasteiger partial charge in [0.2, 0.25) is 0 Å². The lowest BCUT2D eigenvalue weighted by Gasteiger charge is -2.10.